The number of amides is 2. The number of hydrogen-bond acceptors (Lipinski definition) is 4. The molecule has 4 aromatic rings. The maximum absolute atomic E-state index is 13.0. The third kappa shape index (κ3) is 6.52. The van der Waals surface area contributed by atoms with Crippen LogP contribution in [0.4, 0.5) is 0 Å². The van der Waals surface area contributed by atoms with E-state index in [2.05, 4.69) is 63.4 Å². The molecular weight excluding hydrogens is 548 g/mol. The van der Waals surface area contributed by atoms with E-state index in [1.807, 2.05) is 46.2 Å². The first-order valence-corrected chi connectivity index (χ1v) is 15.9. The Hall–Kier alpha value is -4.12. The zero-order valence-corrected chi connectivity index (χ0v) is 26.9. The van der Waals surface area contributed by atoms with Crippen LogP contribution in [0.3, 0.4) is 0 Å². The number of rotatable bonds is 4. The fourth-order valence-corrected chi connectivity index (χ4v) is 6.48. The number of nitrogens with zero attached hydrogens (tertiary/aromatic N) is 4. The number of likely N-dealkylation sites (tertiary alicyclic amines) is 2. The van der Waals surface area contributed by atoms with E-state index >= 15 is 0 Å². The highest BCUT2D eigenvalue weighted by atomic mass is 16.2. The van der Waals surface area contributed by atoms with Gasteiger partial charge in [-0.25, -0.2) is 9.97 Å². The van der Waals surface area contributed by atoms with E-state index in [0.717, 1.165) is 83.6 Å². The molecule has 0 saturated carbocycles. The van der Waals surface area contributed by atoms with Gasteiger partial charge >= 0.3 is 0 Å². The van der Waals surface area contributed by atoms with Crippen molar-refractivity contribution in [1.29, 1.82) is 0 Å². The number of carbonyl (C=O) groups is 2. The maximum Gasteiger partial charge on any atom is 0.223 e. The molecule has 2 N–H and O–H groups in total. The normalized spacial score (nSPS) is 19.1. The first-order chi connectivity index (χ1) is 20.8. The summed E-state index contributed by atoms with van der Waals surface area (Å²) in [4.78, 5) is 46.7. The molecule has 44 heavy (non-hydrogen) atoms. The topological polar surface area (TPSA) is 98.0 Å². The summed E-state index contributed by atoms with van der Waals surface area (Å²) in [5, 5.41) is 0. The Bertz CT molecular complexity index is 1650. The van der Waals surface area contributed by atoms with Crippen molar-refractivity contribution in [2.24, 2.45) is 10.8 Å². The number of benzene rings is 2. The quantitative estimate of drug-likeness (QED) is 0.248. The molecule has 2 amide bonds. The van der Waals surface area contributed by atoms with E-state index in [1.165, 1.54) is 0 Å². The summed E-state index contributed by atoms with van der Waals surface area (Å²) in [5.74, 6) is 8.71. The minimum Gasteiger partial charge on any atom is -0.340 e. The van der Waals surface area contributed by atoms with Crippen molar-refractivity contribution in [2.45, 2.75) is 92.2 Å². The molecule has 0 spiro atoms. The van der Waals surface area contributed by atoms with Gasteiger partial charge in [-0.3, -0.25) is 9.59 Å². The summed E-state index contributed by atoms with van der Waals surface area (Å²) >= 11 is 0. The molecule has 230 valence electrons. The predicted octanol–water partition coefficient (Wildman–Crippen LogP) is 7.04. The van der Waals surface area contributed by atoms with Crippen LogP contribution < -0.4 is 0 Å². The molecule has 0 aliphatic carbocycles. The minimum atomic E-state index is -0.0423. The van der Waals surface area contributed by atoms with Gasteiger partial charge in [-0.05, 0) is 72.9 Å². The van der Waals surface area contributed by atoms with Crippen molar-refractivity contribution < 1.29 is 9.59 Å². The summed E-state index contributed by atoms with van der Waals surface area (Å²) in [6.45, 7) is 14.2. The van der Waals surface area contributed by atoms with Gasteiger partial charge in [0.2, 0.25) is 11.8 Å². The van der Waals surface area contributed by atoms with Gasteiger partial charge in [0.05, 0.1) is 34.2 Å². The standard InChI is InChI=1S/C36H44N6O2/c1-35(2,3)21-31(43)41-17-7-9-29(41)33-37-25-15-13-23(19-27(25)39-33)11-12-24-14-16-26-28(20-24)40-34(38-26)30-10-8-18-42(30)32(44)22-36(4,5)6/h13-16,19-20,29-30H,7-10,17-18,21-22H2,1-6H3,(H,37,39)(H,38,40)/t29-,30-/m0/s1. The lowest BCUT2D eigenvalue weighted by molar-refractivity contribution is -0.135. The first kappa shape index (κ1) is 29.9. The van der Waals surface area contributed by atoms with E-state index in [9.17, 15) is 9.59 Å². The second-order valence-electron chi connectivity index (χ2n) is 14.9. The number of hydrogen-bond donors (Lipinski definition) is 2. The van der Waals surface area contributed by atoms with Crippen LogP contribution in [-0.2, 0) is 9.59 Å². The second-order valence-corrected chi connectivity index (χ2v) is 14.9. The molecule has 0 unspecified atom stereocenters. The zero-order valence-electron chi connectivity index (χ0n) is 26.9. The summed E-state index contributed by atoms with van der Waals surface area (Å²) in [6.07, 6.45) is 4.89. The average molecular weight is 593 g/mol. The molecule has 6 rings (SSSR count). The van der Waals surface area contributed by atoms with Crippen molar-refractivity contribution in [2.75, 3.05) is 13.1 Å². The molecular formula is C36H44N6O2. The Morgan fingerprint density at radius 3 is 1.52 bits per heavy atom. The third-order valence-electron chi connectivity index (χ3n) is 8.49. The number of imidazole rings is 2. The fraction of sp³-hybridized carbons (Fsp3) is 0.500. The molecule has 2 atom stereocenters. The number of carbonyl (C=O) groups excluding carboxylic acids is 2. The molecule has 2 aromatic carbocycles. The fourth-order valence-electron chi connectivity index (χ4n) is 6.48. The van der Waals surface area contributed by atoms with Crippen LogP contribution in [0, 0.1) is 22.7 Å². The van der Waals surface area contributed by atoms with Gasteiger partial charge in [0, 0.05) is 37.1 Å². The van der Waals surface area contributed by atoms with Gasteiger partial charge < -0.3 is 19.8 Å². The van der Waals surface area contributed by atoms with E-state index in [4.69, 9.17) is 9.97 Å². The summed E-state index contributed by atoms with van der Waals surface area (Å²) in [6, 6.07) is 12.0. The van der Waals surface area contributed by atoms with Crippen molar-refractivity contribution in [3.05, 3.63) is 59.2 Å². The minimum absolute atomic E-state index is 0.00858. The molecule has 2 aromatic heterocycles. The van der Waals surface area contributed by atoms with Gasteiger partial charge in [-0.15, -0.1) is 0 Å². The molecule has 0 bridgehead atoms. The van der Waals surface area contributed by atoms with Gasteiger partial charge in [0.15, 0.2) is 0 Å². The molecule has 8 nitrogen and oxygen atoms in total. The van der Waals surface area contributed by atoms with Gasteiger partial charge in [0.1, 0.15) is 11.6 Å². The number of aromatic nitrogens is 4. The Morgan fingerprint density at radius 2 is 1.14 bits per heavy atom. The van der Waals surface area contributed by atoms with Crippen molar-refractivity contribution >= 4 is 33.9 Å². The van der Waals surface area contributed by atoms with Crippen LogP contribution >= 0.6 is 0 Å². The molecule has 0 radical (unpaired) electrons. The highest BCUT2D eigenvalue weighted by molar-refractivity contribution is 5.81. The number of aromatic amines is 2. The van der Waals surface area contributed by atoms with Crippen molar-refractivity contribution in [3.63, 3.8) is 0 Å². The van der Waals surface area contributed by atoms with Gasteiger partial charge in [-0.2, -0.15) is 0 Å². The first-order valence-electron chi connectivity index (χ1n) is 15.9. The maximum atomic E-state index is 13.0. The highest BCUT2D eigenvalue weighted by Crippen LogP contribution is 2.35. The zero-order chi connectivity index (χ0) is 31.2. The SMILES string of the molecule is CC(C)(C)CC(=O)N1CCC[C@H]1c1nc2ccc(C#Cc3ccc4nc([C@@H]5CCCN5C(=O)CC(C)(C)C)[nH]c4c3)cc2[nH]1. The van der Waals surface area contributed by atoms with E-state index in [0.29, 0.717) is 12.8 Å². The van der Waals surface area contributed by atoms with Crippen LogP contribution in [0.25, 0.3) is 22.1 Å². The lowest BCUT2D eigenvalue weighted by atomic mass is 9.91. The lowest BCUT2D eigenvalue weighted by Gasteiger charge is -2.27. The smallest absolute Gasteiger partial charge is 0.223 e. The van der Waals surface area contributed by atoms with Crippen LogP contribution in [0.2, 0.25) is 0 Å². The summed E-state index contributed by atoms with van der Waals surface area (Å²) in [7, 11) is 0. The number of fused-ring (bicyclic) bond motifs is 2. The van der Waals surface area contributed by atoms with Crippen molar-refractivity contribution in [3.8, 4) is 11.8 Å². The lowest BCUT2D eigenvalue weighted by Crippen LogP contribution is -2.33. The monoisotopic (exact) mass is 592 g/mol. The Balaban J connectivity index is 1.18. The van der Waals surface area contributed by atoms with Crippen molar-refractivity contribution in [1.82, 2.24) is 29.7 Å². The third-order valence-corrected chi connectivity index (χ3v) is 8.49. The molecule has 8 heteroatoms. The van der Waals surface area contributed by atoms with Crippen LogP contribution in [0.1, 0.15) is 115 Å². The Kier molecular flexibility index (Phi) is 7.77. The number of H-pyrrole nitrogens is 2. The molecule has 2 fully saturated rings. The number of nitrogens with one attached hydrogen (secondary N) is 2. The largest absolute Gasteiger partial charge is 0.340 e. The molecule has 2 aliphatic rings. The van der Waals surface area contributed by atoms with E-state index in [1.54, 1.807) is 0 Å². The summed E-state index contributed by atoms with van der Waals surface area (Å²) in [5.41, 5.74) is 5.32. The second kappa shape index (κ2) is 11.4. The van der Waals surface area contributed by atoms with E-state index < -0.39 is 0 Å². The van der Waals surface area contributed by atoms with Gasteiger partial charge in [-0.1, -0.05) is 53.4 Å². The van der Waals surface area contributed by atoms with Crippen LogP contribution in [-0.4, -0.2) is 54.6 Å². The Labute approximate surface area is 260 Å². The molecule has 4 heterocycles. The predicted molar refractivity (Wildman–Crippen MR) is 174 cm³/mol. The highest BCUT2D eigenvalue weighted by Gasteiger charge is 2.35. The van der Waals surface area contributed by atoms with Crippen LogP contribution in [0.15, 0.2) is 36.4 Å². The van der Waals surface area contributed by atoms with E-state index in [-0.39, 0.29) is 34.7 Å². The Morgan fingerprint density at radius 1 is 0.727 bits per heavy atom. The average Bonchev–Trinajstić information content (AvgIpc) is 3.73. The molecule has 2 saturated heterocycles. The summed E-state index contributed by atoms with van der Waals surface area (Å²) < 4.78 is 0. The van der Waals surface area contributed by atoms with Crippen LogP contribution in [0.5, 0.6) is 0 Å². The molecule has 2 aliphatic heterocycles. The van der Waals surface area contributed by atoms with Gasteiger partial charge in [0.25, 0.3) is 0 Å².